The summed E-state index contributed by atoms with van der Waals surface area (Å²) in [4.78, 5) is 17.8. The summed E-state index contributed by atoms with van der Waals surface area (Å²) in [5.74, 6) is 1.05. The number of nitrogens with zero attached hydrogens (tertiary/aromatic N) is 3. The Morgan fingerprint density at radius 3 is 2.20 bits per heavy atom. The Hall–Kier alpha value is -2.72. The number of ether oxygens (including phenoxy) is 1. The zero-order chi connectivity index (χ0) is 21.9. The molecule has 160 valence electrons. The molecule has 0 aliphatic carbocycles. The molecule has 1 unspecified atom stereocenters. The molecule has 0 aromatic heterocycles. The first-order chi connectivity index (χ1) is 14.6. The lowest BCUT2D eigenvalue weighted by molar-refractivity contribution is -0.125. The molecule has 6 nitrogen and oxygen atoms in total. The van der Waals surface area contributed by atoms with Crippen molar-refractivity contribution in [3.63, 3.8) is 0 Å². The van der Waals surface area contributed by atoms with E-state index in [9.17, 15) is 4.79 Å². The predicted octanol–water partition coefficient (Wildman–Crippen LogP) is 2.63. The highest BCUT2D eigenvalue weighted by Crippen LogP contribution is 2.26. The summed E-state index contributed by atoms with van der Waals surface area (Å²) in [7, 11) is 5.26. The van der Waals surface area contributed by atoms with Crippen LogP contribution >= 0.6 is 0 Å². The van der Waals surface area contributed by atoms with E-state index in [1.165, 1.54) is 7.05 Å². The lowest BCUT2D eigenvalue weighted by atomic mass is 9.95. The third-order valence-electron chi connectivity index (χ3n) is 5.38. The van der Waals surface area contributed by atoms with Crippen molar-refractivity contribution in [2.45, 2.75) is 18.9 Å². The van der Waals surface area contributed by atoms with Gasteiger partial charge in [-0.1, -0.05) is 24.3 Å². The molecule has 2 N–H and O–H groups in total. The number of likely N-dealkylation sites (N-methyl/N-ethyl adjacent to an activating group) is 1. The molecule has 1 heterocycles. The molecule has 0 bridgehead atoms. The quantitative estimate of drug-likeness (QED) is 0.758. The molecular weight excluding hydrogens is 376 g/mol. The standard InChI is InChI=1S/C23H27N3O2.CH5N/c1-25-13-15-26(16-14-25)23(20-8-3-19(17-24)4-9-20)22(27)12-7-18-5-10-21(28-2)11-6-18;1-2/h3-6,8-11,23H,7,12-16H2,1-2H3;2H2,1H3. The Labute approximate surface area is 179 Å². The fourth-order valence-corrected chi connectivity index (χ4v) is 3.62. The second-order valence-corrected chi connectivity index (χ2v) is 7.29. The normalized spacial score (nSPS) is 15.4. The van der Waals surface area contributed by atoms with Crippen LogP contribution in [0.5, 0.6) is 5.75 Å². The fourth-order valence-electron chi connectivity index (χ4n) is 3.62. The van der Waals surface area contributed by atoms with Crippen LogP contribution in [0.4, 0.5) is 0 Å². The van der Waals surface area contributed by atoms with Crippen LogP contribution in [0.25, 0.3) is 0 Å². The van der Waals surface area contributed by atoms with Crippen LogP contribution in [0.15, 0.2) is 48.5 Å². The number of hydrogen-bond donors (Lipinski definition) is 1. The molecule has 1 atom stereocenters. The summed E-state index contributed by atoms with van der Waals surface area (Å²) in [6, 6.07) is 17.2. The van der Waals surface area contributed by atoms with E-state index in [2.05, 4.69) is 28.7 Å². The van der Waals surface area contributed by atoms with Crippen molar-refractivity contribution in [1.29, 1.82) is 5.26 Å². The van der Waals surface area contributed by atoms with Crippen LogP contribution in [0.3, 0.4) is 0 Å². The van der Waals surface area contributed by atoms with Gasteiger partial charge in [-0.2, -0.15) is 5.26 Å². The summed E-state index contributed by atoms with van der Waals surface area (Å²) in [6.07, 6.45) is 1.20. The Balaban J connectivity index is 0.00000155. The van der Waals surface area contributed by atoms with E-state index in [4.69, 9.17) is 10.00 Å². The molecule has 1 aliphatic rings. The summed E-state index contributed by atoms with van der Waals surface area (Å²) >= 11 is 0. The molecule has 1 aliphatic heterocycles. The van der Waals surface area contributed by atoms with Gasteiger partial charge in [0.05, 0.1) is 24.8 Å². The van der Waals surface area contributed by atoms with E-state index in [-0.39, 0.29) is 11.8 Å². The first kappa shape index (κ1) is 23.6. The van der Waals surface area contributed by atoms with Crippen LogP contribution in [0.1, 0.15) is 29.2 Å². The number of carbonyl (C=O) groups is 1. The van der Waals surface area contributed by atoms with Crippen molar-refractivity contribution in [3.05, 3.63) is 65.2 Å². The molecular formula is C24H32N4O2. The number of carbonyl (C=O) groups excluding carboxylic acids is 1. The third-order valence-corrected chi connectivity index (χ3v) is 5.38. The molecule has 0 amide bonds. The Morgan fingerprint density at radius 1 is 1.07 bits per heavy atom. The van der Waals surface area contributed by atoms with Gasteiger partial charge in [-0.25, -0.2) is 0 Å². The van der Waals surface area contributed by atoms with Gasteiger partial charge in [0.1, 0.15) is 5.75 Å². The summed E-state index contributed by atoms with van der Waals surface area (Å²) in [5.41, 5.74) is 7.22. The van der Waals surface area contributed by atoms with Gasteiger partial charge in [0.25, 0.3) is 0 Å². The van der Waals surface area contributed by atoms with Gasteiger partial charge in [0.2, 0.25) is 0 Å². The minimum absolute atomic E-state index is 0.227. The van der Waals surface area contributed by atoms with Gasteiger partial charge < -0.3 is 15.4 Å². The van der Waals surface area contributed by atoms with Gasteiger partial charge in [-0.05, 0) is 55.9 Å². The highest BCUT2D eigenvalue weighted by molar-refractivity contribution is 5.85. The topological polar surface area (TPSA) is 82.6 Å². The minimum Gasteiger partial charge on any atom is -0.497 e. The van der Waals surface area contributed by atoms with E-state index in [0.29, 0.717) is 18.4 Å². The monoisotopic (exact) mass is 408 g/mol. The van der Waals surface area contributed by atoms with Crippen LogP contribution < -0.4 is 10.5 Å². The number of ketones is 1. The molecule has 30 heavy (non-hydrogen) atoms. The number of aryl methyl sites for hydroxylation is 1. The van der Waals surface area contributed by atoms with Crippen molar-refractivity contribution in [3.8, 4) is 11.8 Å². The average molecular weight is 409 g/mol. The first-order valence-corrected chi connectivity index (χ1v) is 10.3. The van der Waals surface area contributed by atoms with Crippen LogP contribution in [0, 0.1) is 11.3 Å². The maximum Gasteiger partial charge on any atom is 0.154 e. The zero-order valence-corrected chi connectivity index (χ0v) is 18.2. The molecule has 2 aromatic carbocycles. The zero-order valence-electron chi connectivity index (χ0n) is 18.2. The van der Waals surface area contributed by atoms with E-state index in [0.717, 1.165) is 43.1 Å². The summed E-state index contributed by atoms with van der Waals surface area (Å²) in [5, 5.41) is 9.06. The fraction of sp³-hybridized carbons (Fsp3) is 0.417. The molecule has 3 rings (SSSR count). The third kappa shape index (κ3) is 6.39. The van der Waals surface area contributed by atoms with E-state index >= 15 is 0 Å². The lowest BCUT2D eigenvalue weighted by Crippen LogP contribution is -2.47. The van der Waals surface area contributed by atoms with E-state index in [1.54, 1.807) is 19.2 Å². The number of hydrogen-bond acceptors (Lipinski definition) is 6. The second-order valence-electron chi connectivity index (χ2n) is 7.29. The van der Waals surface area contributed by atoms with Gasteiger partial charge in [0, 0.05) is 32.6 Å². The maximum absolute atomic E-state index is 13.2. The molecule has 6 heteroatoms. The van der Waals surface area contributed by atoms with Crippen LogP contribution in [-0.2, 0) is 11.2 Å². The van der Waals surface area contributed by atoms with Gasteiger partial charge >= 0.3 is 0 Å². The highest BCUT2D eigenvalue weighted by Gasteiger charge is 2.29. The van der Waals surface area contributed by atoms with Crippen molar-refractivity contribution in [1.82, 2.24) is 9.80 Å². The summed E-state index contributed by atoms with van der Waals surface area (Å²) in [6.45, 7) is 3.65. The van der Waals surface area contributed by atoms with Crippen LogP contribution in [-0.4, -0.2) is 63.0 Å². The largest absolute Gasteiger partial charge is 0.497 e. The van der Waals surface area contributed by atoms with Gasteiger partial charge in [-0.15, -0.1) is 0 Å². The highest BCUT2D eigenvalue weighted by atomic mass is 16.5. The number of benzene rings is 2. The molecule has 0 spiro atoms. The molecule has 2 aromatic rings. The Kier molecular flexibility index (Phi) is 9.49. The SMILES string of the molecule is CN.COc1ccc(CCC(=O)C(c2ccc(C#N)cc2)N2CCN(C)CC2)cc1. The smallest absolute Gasteiger partial charge is 0.154 e. The minimum atomic E-state index is -0.250. The van der Waals surface area contributed by atoms with Crippen molar-refractivity contribution in [2.24, 2.45) is 5.73 Å². The Bertz CT molecular complexity index is 820. The number of nitriles is 1. The predicted molar refractivity (Wildman–Crippen MR) is 119 cm³/mol. The van der Waals surface area contributed by atoms with Gasteiger partial charge in [0.15, 0.2) is 5.78 Å². The number of nitrogens with two attached hydrogens (primary N) is 1. The number of Topliss-reactive ketones (excluding diaryl/α,β-unsaturated/α-hetero) is 1. The second kappa shape index (κ2) is 12.1. The van der Waals surface area contributed by atoms with Crippen molar-refractivity contribution < 1.29 is 9.53 Å². The van der Waals surface area contributed by atoms with Crippen molar-refractivity contribution in [2.75, 3.05) is 47.4 Å². The lowest BCUT2D eigenvalue weighted by Gasteiger charge is -2.37. The summed E-state index contributed by atoms with van der Waals surface area (Å²) < 4.78 is 5.20. The van der Waals surface area contributed by atoms with Crippen molar-refractivity contribution >= 4 is 5.78 Å². The number of rotatable bonds is 7. The molecule has 0 radical (unpaired) electrons. The van der Waals surface area contributed by atoms with E-state index in [1.807, 2.05) is 36.4 Å². The number of piperazine rings is 1. The van der Waals surface area contributed by atoms with Gasteiger partial charge in [-0.3, -0.25) is 9.69 Å². The average Bonchev–Trinajstić information content (AvgIpc) is 2.81. The maximum atomic E-state index is 13.2. The van der Waals surface area contributed by atoms with Crippen LogP contribution in [0.2, 0.25) is 0 Å². The first-order valence-electron chi connectivity index (χ1n) is 10.3. The van der Waals surface area contributed by atoms with E-state index < -0.39 is 0 Å². The molecule has 0 saturated carbocycles. The molecule has 1 fully saturated rings. The Morgan fingerprint density at radius 2 is 1.67 bits per heavy atom. The molecule has 1 saturated heterocycles. The number of methoxy groups -OCH3 is 1.